The lowest BCUT2D eigenvalue weighted by molar-refractivity contribution is -0.140. The van der Waals surface area contributed by atoms with Gasteiger partial charge in [-0.15, -0.1) is 0 Å². The molecule has 1 aliphatic rings. The third-order valence-corrected chi connectivity index (χ3v) is 7.89. The van der Waals surface area contributed by atoms with Gasteiger partial charge in [-0.05, 0) is 61.1 Å². The molecule has 39 heavy (non-hydrogen) atoms. The molecular formula is C26H26F4N4O4S. The van der Waals surface area contributed by atoms with Crippen molar-refractivity contribution < 1.29 is 35.9 Å². The number of aliphatic carboxylic acids is 1. The highest BCUT2D eigenvalue weighted by molar-refractivity contribution is 7.92. The number of hydrogen-bond acceptors (Lipinski definition) is 6. The molecule has 1 atom stereocenters. The van der Waals surface area contributed by atoms with Crippen LogP contribution in [-0.4, -0.2) is 42.6 Å². The quantitative estimate of drug-likeness (QED) is 0.364. The van der Waals surface area contributed by atoms with Gasteiger partial charge in [-0.25, -0.2) is 14.4 Å². The largest absolute Gasteiger partial charge is 0.481 e. The van der Waals surface area contributed by atoms with Gasteiger partial charge in [0, 0.05) is 18.7 Å². The number of hydrogen-bond donors (Lipinski definition) is 2. The Kier molecular flexibility index (Phi) is 7.57. The number of nitrogens with one attached hydrogen (secondary N) is 1. The summed E-state index contributed by atoms with van der Waals surface area (Å²) in [5.41, 5.74) is -2.48. The zero-order valence-corrected chi connectivity index (χ0v) is 21.9. The van der Waals surface area contributed by atoms with Crippen molar-refractivity contribution in [1.82, 2.24) is 9.97 Å². The van der Waals surface area contributed by atoms with Crippen LogP contribution in [-0.2, 0) is 21.0 Å². The van der Waals surface area contributed by atoms with Crippen molar-refractivity contribution in [2.45, 2.75) is 44.3 Å². The molecule has 2 N–H and O–H groups in total. The van der Waals surface area contributed by atoms with E-state index in [0.717, 1.165) is 12.1 Å². The van der Waals surface area contributed by atoms with Crippen LogP contribution < -0.4 is 9.62 Å². The van der Waals surface area contributed by atoms with E-state index in [0.29, 0.717) is 37.8 Å². The Labute approximate surface area is 222 Å². The number of sulfonamides is 1. The van der Waals surface area contributed by atoms with Crippen molar-refractivity contribution in [2.75, 3.05) is 22.7 Å². The third-order valence-electron chi connectivity index (χ3n) is 6.63. The number of benzene rings is 1. The summed E-state index contributed by atoms with van der Waals surface area (Å²) in [5, 5.41) is 8.86. The normalized spacial score (nSPS) is 18.2. The fourth-order valence-electron chi connectivity index (χ4n) is 4.75. The summed E-state index contributed by atoms with van der Waals surface area (Å²) in [5.74, 6) is -1.73. The van der Waals surface area contributed by atoms with E-state index in [2.05, 4.69) is 14.7 Å². The van der Waals surface area contributed by atoms with Crippen molar-refractivity contribution in [1.29, 1.82) is 0 Å². The Bertz CT molecular complexity index is 1510. The first-order valence-corrected chi connectivity index (χ1v) is 13.5. The van der Waals surface area contributed by atoms with Gasteiger partial charge in [-0.3, -0.25) is 9.52 Å². The predicted molar refractivity (Wildman–Crippen MR) is 136 cm³/mol. The highest BCUT2D eigenvalue weighted by atomic mass is 32.2. The van der Waals surface area contributed by atoms with Crippen LogP contribution in [0.15, 0.2) is 53.6 Å². The van der Waals surface area contributed by atoms with Gasteiger partial charge in [0.15, 0.2) is 5.03 Å². The van der Waals surface area contributed by atoms with Gasteiger partial charge >= 0.3 is 12.1 Å². The number of anilines is 2. The summed E-state index contributed by atoms with van der Waals surface area (Å²) in [4.78, 5) is 21.3. The second-order valence-corrected chi connectivity index (χ2v) is 11.5. The molecule has 1 aromatic carbocycles. The topological polar surface area (TPSA) is 112 Å². The summed E-state index contributed by atoms with van der Waals surface area (Å²) in [7, 11) is -4.39. The molecule has 0 aliphatic carbocycles. The van der Waals surface area contributed by atoms with Crippen LogP contribution in [0.2, 0.25) is 0 Å². The van der Waals surface area contributed by atoms with E-state index in [4.69, 9.17) is 0 Å². The monoisotopic (exact) mass is 566 g/mol. The molecule has 0 bridgehead atoms. The molecule has 4 rings (SSSR count). The number of rotatable bonds is 7. The van der Waals surface area contributed by atoms with Gasteiger partial charge in [0.1, 0.15) is 17.5 Å². The van der Waals surface area contributed by atoms with E-state index in [1.165, 1.54) is 31.2 Å². The minimum absolute atomic E-state index is 0.0459. The van der Waals surface area contributed by atoms with Gasteiger partial charge in [0.2, 0.25) is 0 Å². The lowest BCUT2D eigenvalue weighted by atomic mass is 9.79. The molecule has 3 aromatic rings. The van der Waals surface area contributed by atoms with Crippen molar-refractivity contribution in [3.8, 4) is 11.3 Å². The number of aromatic nitrogens is 2. The number of carbonyl (C=O) groups is 1. The lowest BCUT2D eigenvalue weighted by Crippen LogP contribution is -2.43. The summed E-state index contributed by atoms with van der Waals surface area (Å²) in [6.45, 7) is 4.07. The van der Waals surface area contributed by atoms with E-state index in [1.54, 1.807) is 6.07 Å². The highest BCUT2D eigenvalue weighted by Gasteiger charge is 2.36. The molecule has 0 spiro atoms. The molecule has 1 saturated heterocycles. The summed E-state index contributed by atoms with van der Waals surface area (Å²) >= 11 is 0. The molecule has 3 heterocycles. The Morgan fingerprint density at radius 2 is 1.85 bits per heavy atom. The Morgan fingerprint density at radius 3 is 2.54 bits per heavy atom. The number of nitrogens with zero attached hydrogens (tertiary/aromatic N) is 3. The first-order chi connectivity index (χ1) is 18.2. The minimum Gasteiger partial charge on any atom is -0.481 e. The zero-order valence-electron chi connectivity index (χ0n) is 21.1. The van der Waals surface area contributed by atoms with E-state index >= 15 is 0 Å². The molecule has 1 unspecified atom stereocenters. The van der Waals surface area contributed by atoms with E-state index < -0.39 is 55.5 Å². The average molecular weight is 567 g/mol. The van der Waals surface area contributed by atoms with Crippen LogP contribution >= 0.6 is 0 Å². The molecule has 208 valence electrons. The van der Waals surface area contributed by atoms with Crippen molar-refractivity contribution in [2.24, 2.45) is 5.41 Å². The number of alkyl halides is 3. The van der Waals surface area contributed by atoms with Crippen molar-refractivity contribution in [3.63, 3.8) is 0 Å². The van der Waals surface area contributed by atoms with E-state index in [1.807, 2.05) is 11.8 Å². The van der Waals surface area contributed by atoms with Crippen molar-refractivity contribution >= 4 is 27.6 Å². The van der Waals surface area contributed by atoms with E-state index in [-0.39, 0.29) is 17.5 Å². The van der Waals surface area contributed by atoms with Crippen LogP contribution in [0.3, 0.4) is 0 Å². The van der Waals surface area contributed by atoms with Crippen LogP contribution in [0.5, 0.6) is 0 Å². The number of carboxylic acid groups (broad SMARTS) is 1. The first kappa shape index (κ1) is 28.3. The van der Waals surface area contributed by atoms with Gasteiger partial charge in [-0.2, -0.15) is 21.6 Å². The van der Waals surface area contributed by atoms with Crippen LogP contribution in [0.25, 0.3) is 11.3 Å². The Hall–Kier alpha value is -3.74. The van der Waals surface area contributed by atoms with Crippen LogP contribution in [0.1, 0.15) is 37.3 Å². The second kappa shape index (κ2) is 10.4. The Balaban J connectivity index is 1.66. The first-order valence-electron chi connectivity index (χ1n) is 12.0. The highest BCUT2D eigenvalue weighted by Crippen LogP contribution is 2.39. The maximum absolute atomic E-state index is 14.1. The van der Waals surface area contributed by atoms with Gasteiger partial charge in [0.05, 0.1) is 17.7 Å². The van der Waals surface area contributed by atoms with Gasteiger partial charge in [0.25, 0.3) is 10.0 Å². The van der Waals surface area contributed by atoms with E-state index in [9.17, 15) is 35.9 Å². The zero-order chi connectivity index (χ0) is 28.6. The SMILES string of the molecule is Cc1c(F)cccc1-c1nc(NS(=O)(=O)c2cccc(N3CCCC(C)(CC(=O)O)C3)n2)ccc1C(F)(F)F. The molecular weight excluding hydrogens is 540 g/mol. The lowest BCUT2D eigenvalue weighted by Gasteiger charge is -2.40. The number of carboxylic acids is 1. The van der Waals surface area contributed by atoms with Gasteiger partial charge in [-0.1, -0.05) is 25.1 Å². The number of piperidine rings is 1. The fourth-order valence-corrected chi connectivity index (χ4v) is 5.72. The molecule has 1 aliphatic heterocycles. The molecule has 0 saturated carbocycles. The standard InChI is InChI=1S/C26H26F4N4O4S/c1-16-17(6-3-7-19(16)27)24-18(26(28,29)30)10-11-20(31-24)33-39(37,38)22-9-4-8-21(32-22)34-13-5-12-25(2,15-34)14-23(35)36/h3-4,6-11H,5,12-15H2,1-2H3,(H,31,33)(H,35,36). The molecule has 2 aromatic heterocycles. The van der Waals surface area contributed by atoms with Crippen LogP contribution in [0, 0.1) is 18.2 Å². The Morgan fingerprint density at radius 1 is 1.13 bits per heavy atom. The molecule has 1 fully saturated rings. The summed E-state index contributed by atoms with van der Waals surface area (Å²) in [6.07, 6.45) is -3.48. The molecule has 0 amide bonds. The second-order valence-electron chi connectivity index (χ2n) is 9.85. The number of halogens is 4. The summed E-state index contributed by atoms with van der Waals surface area (Å²) in [6, 6.07) is 9.49. The third kappa shape index (κ3) is 6.29. The maximum Gasteiger partial charge on any atom is 0.418 e. The molecule has 0 radical (unpaired) electrons. The van der Waals surface area contributed by atoms with Crippen LogP contribution in [0.4, 0.5) is 29.2 Å². The average Bonchev–Trinajstić information content (AvgIpc) is 2.84. The molecule has 8 nitrogen and oxygen atoms in total. The summed E-state index contributed by atoms with van der Waals surface area (Å²) < 4.78 is 83.8. The van der Waals surface area contributed by atoms with Gasteiger partial charge < -0.3 is 10.0 Å². The molecule has 13 heteroatoms. The minimum atomic E-state index is -4.82. The fraction of sp³-hybridized carbons (Fsp3) is 0.346. The predicted octanol–water partition coefficient (Wildman–Crippen LogP) is 5.49. The van der Waals surface area contributed by atoms with Crippen molar-refractivity contribution in [3.05, 3.63) is 65.5 Å². The smallest absolute Gasteiger partial charge is 0.418 e. The maximum atomic E-state index is 14.1. The number of pyridine rings is 2.